The van der Waals surface area contributed by atoms with E-state index < -0.39 is 0 Å². The zero-order valence-electron chi connectivity index (χ0n) is 9.35. The summed E-state index contributed by atoms with van der Waals surface area (Å²) in [6, 6.07) is 5.81. The molecule has 84 valence electrons. The second-order valence-electron chi connectivity index (χ2n) is 3.42. The van der Waals surface area contributed by atoms with E-state index in [4.69, 9.17) is 16.3 Å². The Morgan fingerprint density at radius 1 is 1.27 bits per heavy atom. The molecule has 15 heavy (non-hydrogen) atoms. The largest absolute Gasteiger partial charge is 0.492 e. The van der Waals surface area contributed by atoms with Gasteiger partial charge in [0.15, 0.2) is 0 Å². The van der Waals surface area contributed by atoms with Crippen molar-refractivity contribution in [2.75, 3.05) is 18.5 Å². The van der Waals surface area contributed by atoms with Gasteiger partial charge in [-0.25, -0.2) is 0 Å². The van der Waals surface area contributed by atoms with Crippen LogP contribution in [-0.2, 0) is 0 Å². The average molecular weight is 228 g/mol. The van der Waals surface area contributed by atoms with Gasteiger partial charge in [0.05, 0.1) is 11.6 Å². The molecule has 0 bridgehead atoms. The maximum atomic E-state index is 6.08. The average Bonchev–Trinajstić information content (AvgIpc) is 2.25. The molecule has 0 amide bonds. The lowest BCUT2D eigenvalue weighted by atomic mass is 10.3. The van der Waals surface area contributed by atoms with Gasteiger partial charge in [0, 0.05) is 12.2 Å². The molecular formula is C12H18ClNO. The van der Waals surface area contributed by atoms with Crippen LogP contribution in [0.3, 0.4) is 0 Å². The first-order valence-electron chi connectivity index (χ1n) is 5.44. The molecule has 0 aromatic heterocycles. The lowest BCUT2D eigenvalue weighted by Gasteiger charge is -2.09. The van der Waals surface area contributed by atoms with Crippen LogP contribution in [0.15, 0.2) is 18.2 Å². The van der Waals surface area contributed by atoms with Crippen molar-refractivity contribution >= 4 is 17.3 Å². The van der Waals surface area contributed by atoms with Gasteiger partial charge in [0.1, 0.15) is 5.75 Å². The molecule has 0 atom stereocenters. The summed E-state index contributed by atoms with van der Waals surface area (Å²) in [5.41, 5.74) is 1.05. The van der Waals surface area contributed by atoms with Crippen molar-refractivity contribution in [3.63, 3.8) is 0 Å². The molecule has 0 fully saturated rings. The Morgan fingerprint density at radius 3 is 2.67 bits per heavy atom. The van der Waals surface area contributed by atoms with Gasteiger partial charge in [-0.2, -0.15) is 0 Å². The first-order valence-corrected chi connectivity index (χ1v) is 5.82. The first kappa shape index (κ1) is 12.2. The zero-order valence-corrected chi connectivity index (χ0v) is 10.1. The van der Waals surface area contributed by atoms with Crippen molar-refractivity contribution in [3.8, 4) is 5.75 Å². The SMILES string of the molecule is CCCNc1ccc(OCCC)c(Cl)c1. The zero-order chi connectivity index (χ0) is 11.1. The minimum atomic E-state index is 0.671. The fourth-order valence-corrected chi connectivity index (χ4v) is 1.44. The number of anilines is 1. The molecule has 0 unspecified atom stereocenters. The summed E-state index contributed by atoms with van der Waals surface area (Å²) in [6.45, 7) is 5.88. The molecule has 0 saturated carbocycles. The van der Waals surface area contributed by atoms with Crippen LogP contribution in [-0.4, -0.2) is 13.2 Å². The van der Waals surface area contributed by atoms with Gasteiger partial charge in [-0.05, 0) is 31.0 Å². The van der Waals surface area contributed by atoms with Crippen molar-refractivity contribution in [1.29, 1.82) is 0 Å². The van der Waals surface area contributed by atoms with Crippen molar-refractivity contribution in [1.82, 2.24) is 0 Å². The van der Waals surface area contributed by atoms with Crippen molar-refractivity contribution < 1.29 is 4.74 Å². The molecule has 0 aliphatic heterocycles. The van der Waals surface area contributed by atoms with E-state index in [1.165, 1.54) is 0 Å². The molecule has 0 radical (unpaired) electrons. The Hall–Kier alpha value is -0.890. The topological polar surface area (TPSA) is 21.3 Å². The predicted molar refractivity (Wildman–Crippen MR) is 66.0 cm³/mol. The molecule has 0 saturated heterocycles. The number of ether oxygens (including phenoxy) is 1. The van der Waals surface area contributed by atoms with Gasteiger partial charge in [0.2, 0.25) is 0 Å². The smallest absolute Gasteiger partial charge is 0.138 e. The number of rotatable bonds is 6. The summed E-state index contributed by atoms with van der Waals surface area (Å²) < 4.78 is 5.49. The molecule has 1 aromatic rings. The molecular weight excluding hydrogens is 210 g/mol. The number of halogens is 1. The summed E-state index contributed by atoms with van der Waals surface area (Å²) in [5.74, 6) is 0.764. The third kappa shape index (κ3) is 4.00. The maximum absolute atomic E-state index is 6.08. The van der Waals surface area contributed by atoms with E-state index in [0.717, 1.165) is 30.8 Å². The van der Waals surface area contributed by atoms with E-state index in [1.54, 1.807) is 0 Å². The number of nitrogens with one attached hydrogen (secondary N) is 1. The second-order valence-corrected chi connectivity index (χ2v) is 3.83. The number of hydrogen-bond donors (Lipinski definition) is 1. The second kappa shape index (κ2) is 6.57. The molecule has 3 heteroatoms. The van der Waals surface area contributed by atoms with E-state index in [0.29, 0.717) is 11.6 Å². The normalized spacial score (nSPS) is 10.1. The maximum Gasteiger partial charge on any atom is 0.138 e. The van der Waals surface area contributed by atoms with E-state index in [9.17, 15) is 0 Å². The minimum Gasteiger partial charge on any atom is -0.492 e. The highest BCUT2D eigenvalue weighted by Crippen LogP contribution is 2.27. The summed E-state index contributed by atoms with van der Waals surface area (Å²) in [7, 11) is 0. The Balaban J connectivity index is 2.61. The Kier molecular flexibility index (Phi) is 5.33. The summed E-state index contributed by atoms with van der Waals surface area (Å²) in [5, 5.41) is 3.95. The molecule has 0 aliphatic carbocycles. The summed E-state index contributed by atoms with van der Waals surface area (Å²) in [4.78, 5) is 0. The van der Waals surface area contributed by atoms with Crippen molar-refractivity contribution in [3.05, 3.63) is 23.2 Å². The van der Waals surface area contributed by atoms with E-state index >= 15 is 0 Å². The molecule has 0 spiro atoms. The van der Waals surface area contributed by atoms with Crippen LogP contribution in [0.25, 0.3) is 0 Å². The molecule has 0 heterocycles. The Bertz CT molecular complexity index is 302. The van der Waals surface area contributed by atoms with Crippen molar-refractivity contribution in [2.24, 2.45) is 0 Å². The lowest BCUT2D eigenvalue weighted by molar-refractivity contribution is 0.317. The van der Waals surface area contributed by atoms with E-state index in [-0.39, 0.29) is 0 Å². The minimum absolute atomic E-state index is 0.671. The molecule has 1 rings (SSSR count). The predicted octanol–water partition coefficient (Wildman–Crippen LogP) is 3.95. The standard InChI is InChI=1S/C12H18ClNO/c1-3-7-14-10-5-6-12(11(13)9-10)15-8-4-2/h5-6,9,14H,3-4,7-8H2,1-2H3. The first-order chi connectivity index (χ1) is 7.27. The van der Waals surface area contributed by atoms with E-state index in [2.05, 4.69) is 19.2 Å². The third-order valence-electron chi connectivity index (χ3n) is 1.97. The van der Waals surface area contributed by atoms with Crippen LogP contribution in [0, 0.1) is 0 Å². The van der Waals surface area contributed by atoms with Crippen LogP contribution < -0.4 is 10.1 Å². The van der Waals surface area contributed by atoms with Gasteiger partial charge in [-0.3, -0.25) is 0 Å². The van der Waals surface area contributed by atoms with Gasteiger partial charge >= 0.3 is 0 Å². The monoisotopic (exact) mass is 227 g/mol. The van der Waals surface area contributed by atoms with Crippen LogP contribution in [0.1, 0.15) is 26.7 Å². The summed E-state index contributed by atoms with van der Waals surface area (Å²) >= 11 is 6.08. The molecule has 2 nitrogen and oxygen atoms in total. The fraction of sp³-hybridized carbons (Fsp3) is 0.500. The van der Waals surface area contributed by atoms with E-state index in [1.807, 2.05) is 18.2 Å². The molecule has 0 aliphatic rings. The Morgan fingerprint density at radius 2 is 2.07 bits per heavy atom. The Labute approximate surface area is 96.6 Å². The highest BCUT2D eigenvalue weighted by molar-refractivity contribution is 6.32. The van der Waals surface area contributed by atoms with Gasteiger partial charge < -0.3 is 10.1 Å². The molecule has 1 N–H and O–H groups in total. The lowest BCUT2D eigenvalue weighted by Crippen LogP contribution is -2.00. The van der Waals surface area contributed by atoms with Gasteiger partial charge in [-0.15, -0.1) is 0 Å². The molecule has 1 aromatic carbocycles. The van der Waals surface area contributed by atoms with Crippen LogP contribution >= 0.6 is 11.6 Å². The third-order valence-corrected chi connectivity index (χ3v) is 2.27. The van der Waals surface area contributed by atoms with Crippen LogP contribution in [0.5, 0.6) is 5.75 Å². The fourth-order valence-electron chi connectivity index (χ4n) is 1.21. The van der Waals surface area contributed by atoms with Crippen molar-refractivity contribution in [2.45, 2.75) is 26.7 Å². The van der Waals surface area contributed by atoms with Gasteiger partial charge in [-0.1, -0.05) is 25.4 Å². The van der Waals surface area contributed by atoms with Crippen LogP contribution in [0.4, 0.5) is 5.69 Å². The number of hydrogen-bond acceptors (Lipinski definition) is 2. The summed E-state index contributed by atoms with van der Waals surface area (Å²) in [6.07, 6.45) is 2.10. The van der Waals surface area contributed by atoms with Crippen LogP contribution in [0.2, 0.25) is 5.02 Å². The number of benzene rings is 1. The van der Waals surface area contributed by atoms with Gasteiger partial charge in [0.25, 0.3) is 0 Å². The highest BCUT2D eigenvalue weighted by atomic mass is 35.5. The quantitative estimate of drug-likeness (QED) is 0.795. The highest BCUT2D eigenvalue weighted by Gasteiger charge is 2.01.